The largest absolute Gasteiger partial charge is 0.485 e. The molecule has 0 radical (unpaired) electrons. The van der Waals surface area contributed by atoms with Gasteiger partial charge in [0.05, 0.1) is 5.71 Å². The van der Waals surface area contributed by atoms with E-state index >= 15 is 0 Å². The van der Waals surface area contributed by atoms with E-state index < -0.39 is 6.10 Å². The van der Waals surface area contributed by atoms with Crippen LogP contribution in [0.3, 0.4) is 0 Å². The van der Waals surface area contributed by atoms with E-state index in [4.69, 9.17) is 9.47 Å². The van der Waals surface area contributed by atoms with Crippen molar-refractivity contribution in [3.63, 3.8) is 0 Å². The summed E-state index contributed by atoms with van der Waals surface area (Å²) in [5, 5.41) is 4.12. The molecule has 0 saturated heterocycles. The van der Waals surface area contributed by atoms with Crippen molar-refractivity contribution in [1.29, 1.82) is 0 Å². The molecule has 2 aromatic carbocycles. The van der Waals surface area contributed by atoms with Crippen LogP contribution in [0.5, 0.6) is 11.5 Å². The van der Waals surface area contributed by atoms with Crippen LogP contribution in [0.15, 0.2) is 58.1 Å². The highest BCUT2D eigenvalue weighted by Gasteiger charge is 2.27. The van der Waals surface area contributed by atoms with Crippen molar-refractivity contribution >= 4 is 27.5 Å². The first kappa shape index (κ1) is 15.6. The van der Waals surface area contributed by atoms with Gasteiger partial charge in [0.15, 0.2) is 11.5 Å². The molecule has 118 valence electrons. The van der Waals surface area contributed by atoms with Crippen molar-refractivity contribution in [1.82, 2.24) is 5.43 Å². The third-order valence-electron chi connectivity index (χ3n) is 3.40. The molecular weight excluding hydrogens is 360 g/mol. The highest BCUT2D eigenvalue weighted by atomic mass is 79.9. The summed E-state index contributed by atoms with van der Waals surface area (Å²) >= 11 is 3.38. The van der Waals surface area contributed by atoms with Crippen LogP contribution < -0.4 is 14.9 Å². The normalized spacial score (nSPS) is 16.8. The Bertz CT molecular complexity index is 744. The number of ether oxygens (including phenoxy) is 2. The van der Waals surface area contributed by atoms with Gasteiger partial charge in [0.25, 0.3) is 5.91 Å². The van der Waals surface area contributed by atoms with E-state index in [0.717, 1.165) is 10.0 Å². The number of para-hydroxylation sites is 2. The van der Waals surface area contributed by atoms with Crippen molar-refractivity contribution in [3.8, 4) is 11.5 Å². The molecule has 2 aromatic rings. The lowest BCUT2D eigenvalue weighted by Gasteiger charge is -2.24. The average Bonchev–Trinajstić information content (AvgIpc) is 2.59. The van der Waals surface area contributed by atoms with Gasteiger partial charge in [-0.1, -0.05) is 40.2 Å². The van der Waals surface area contributed by atoms with Gasteiger partial charge in [-0.15, -0.1) is 0 Å². The second-order valence-corrected chi connectivity index (χ2v) is 5.96. The number of carbonyl (C=O) groups is 1. The van der Waals surface area contributed by atoms with Gasteiger partial charge in [-0.3, -0.25) is 4.79 Å². The molecule has 1 N–H and O–H groups in total. The van der Waals surface area contributed by atoms with Crippen molar-refractivity contribution in [2.45, 2.75) is 13.0 Å². The minimum Gasteiger partial charge on any atom is -0.485 e. The smallest absolute Gasteiger partial charge is 0.284 e. The van der Waals surface area contributed by atoms with Gasteiger partial charge < -0.3 is 9.47 Å². The maximum atomic E-state index is 12.2. The summed E-state index contributed by atoms with van der Waals surface area (Å²) in [6, 6.07) is 14.9. The summed E-state index contributed by atoms with van der Waals surface area (Å²) in [6.45, 7) is 1.99. The van der Waals surface area contributed by atoms with Crippen LogP contribution in [0.2, 0.25) is 0 Å². The Morgan fingerprint density at radius 2 is 1.87 bits per heavy atom. The van der Waals surface area contributed by atoms with Gasteiger partial charge in [-0.05, 0) is 36.8 Å². The number of nitrogens with zero attached hydrogens (tertiary/aromatic N) is 1. The van der Waals surface area contributed by atoms with Crippen molar-refractivity contribution < 1.29 is 14.3 Å². The minimum atomic E-state index is -0.716. The first-order chi connectivity index (χ1) is 11.1. The molecule has 1 atom stereocenters. The molecule has 3 rings (SSSR count). The molecule has 0 aromatic heterocycles. The van der Waals surface area contributed by atoms with Crippen molar-refractivity contribution in [3.05, 3.63) is 58.6 Å². The maximum Gasteiger partial charge on any atom is 0.284 e. The molecule has 0 spiro atoms. The summed E-state index contributed by atoms with van der Waals surface area (Å²) in [4.78, 5) is 12.2. The van der Waals surface area contributed by atoms with Gasteiger partial charge in [-0.25, -0.2) is 5.43 Å². The zero-order valence-electron chi connectivity index (χ0n) is 12.5. The van der Waals surface area contributed by atoms with Crippen LogP contribution in [-0.2, 0) is 4.79 Å². The topological polar surface area (TPSA) is 59.9 Å². The van der Waals surface area contributed by atoms with E-state index in [1.54, 1.807) is 12.1 Å². The number of fused-ring (bicyclic) bond motifs is 1. The summed E-state index contributed by atoms with van der Waals surface area (Å²) < 4.78 is 12.1. The Hall–Kier alpha value is -2.34. The Labute approximate surface area is 142 Å². The molecule has 5 nitrogen and oxygen atoms in total. The van der Waals surface area contributed by atoms with Crippen LogP contribution in [0.4, 0.5) is 0 Å². The Morgan fingerprint density at radius 1 is 1.17 bits per heavy atom. The minimum absolute atomic E-state index is 0.162. The van der Waals surface area contributed by atoms with Crippen LogP contribution >= 0.6 is 15.9 Å². The molecule has 1 aliphatic heterocycles. The molecule has 1 heterocycles. The van der Waals surface area contributed by atoms with Crippen LogP contribution in [0.25, 0.3) is 0 Å². The van der Waals surface area contributed by atoms with E-state index in [9.17, 15) is 4.79 Å². The molecule has 0 bridgehead atoms. The zero-order chi connectivity index (χ0) is 16.2. The van der Waals surface area contributed by atoms with Gasteiger partial charge in [0.1, 0.15) is 6.61 Å². The third kappa shape index (κ3) is 3.71. The molecule has 1 amide bonds. The predicted molar refractivity (Wildman–Crippen MR) is 90.8 cm³/mol. The van der Waals surface area contributed by atoms with Crippen molar-refractivity contribution in [2.24, 2.45) is 5.10 Å². The first-order valence-corrected chi connectivity index (χ1v) is 7.91. The zero-order valence-corrected chi connectivity index (χ0v) is 14.0. The summed E-state index contributed by atoms with van der Waals surface area (Å²) in [7, 11) is 0. The quantitative estimate of drug-likeness (QED) is 0.663. The van der Waals surface area contributed by atoms with Crippen LogP contribution in [0.1, 0.15) is 12.5 Å². The highest BCUT2D eigenvalue weighted by molar-refractivity contribution is 9.10. The van der Waals surface area contributed by atoms with E-state index in [1.165, 1.54) is 0 Å². The maximum absolute atomic E-state index is 12.2. The summed E-state index contributed by atoms with van der Waals surface area (Å²) in [6.07, 6.45) is -0.716. The van der Waals surface area contributed by atoms with E-state index in [1.807, 2.05) is 43.3 Å². The second-order valence-electron chi connectivity index (χ2n) is 5.04. The predicted octanol–water partition coefficient (Wildman–Crippen LogP) is 3.13. The lowest BCUT2D eigenvalue weighted by atomic mass is 10.1. The molecule has 6 heteroatoms. The molecule has 0 fully saturated rings. The summed E-state index contributed by atoms with van der Waals surface area (Å²) in [5.74, 6) is 0.870. The SMILES string of the molecule is CC(=NNC(=O)C1COc2ccccc2O1)c1ccc(Br)cc1. The number of halogens is 1. The molecule has 0 saturated carbocycles. The van der Waals surface area contributed by atoms with Gasteiger partial charge in [-0.2, -0.15) is 5.10 Å². The van der Waals surface area contributed by atoms with Gasteiger partial charge in [0, 0.05) is 4.47 Å². The molecule has 1 aliphatic rings. The number of hydrazone groups is 1. The molecule has 23 heavy (non-hydrogen) atoms. The van der Waals surface area contributed by atoms with E-state index in [-0.39, 0.29) is 12.5 Å². The monoisotopic (exact) mass is 374 g/mol. The number of rotatable bonds is 3. The highest BCUT2D eigenvalue weighted by Crippen LogP contribution is 2.30. The van der Waals surface area contributed by atoms with Gasteiger partial charge >= 0.3 is 0 Å². The molecule has 1 unspecified atom stereocenters. The summed E-state index contributed by atoms with van der Waals surface area (Å²) in [5.41, 5.74) is 4.17. The number of hydrogen-bond acceptors (Lipinski definition) is 4. The lowest BCUT2D eigenvalue weighted by molar-refractivity contribution is -0.130. The van der Waals surface area contributed by atoms with Crippen LogP contribution in [-0.4, -0.2) is 24.3 Å². The number of hydrogen-bond donors (Lipinski definition) is 1. The number of carbonyl (C=O) groups excluding carboxylic acids is 1. The fourth-order valence-electron chi connectivity index (χ4n) is 2.12. The average molecular weight is 375 g/mol. The number of amides is 1. The standard InChI is InChI=1S/C17H15BrN2O3/c1-11(12-6-8-13(18)9-7-12)19-20-17(21)16-10-22-14-4-2-3-5-15(14)23-16/h2-9,16H,10H2,1H3,(H,20,21). The number of nitrogens with one attached hydrogen (secondary N) is 1. The fourth-order valence-corrected chi connectivity index (χ4v) is 2.38. The Balaban J connectivity index is 1.63. The Kier molecular flexibility index (Phi) is 4.62. The van der Waals surface area contributed by atoms with Crippen molar-refractivity contribution in [2.75, 3.05) is 6.61 Å². The van der Waals surface area contributed by atoms with E-state index in [2.05, 4.69) is 26.5 Å². The Morgan fingerprint density at radius 3 is 2.61 bits per heavy atom. The first-order valence-electron chi connectivity index (χ1n) is 7.12. The molecule has 0 aliphatic carbocycles. The van der Waals surface area contributed by atoms with Gasteiger partial charge in [0.2, 0.25) is 6.10 Å². The third-order valence-corrected chi connectivity index (χ3v) is 3.93. The second kappa shape index (κ2) is 6.83. The molecular formula is C17H15BrN2O3. The fraction of sp³-hybridized carbons (Fsp3) is 0.176. The number of benzene rings is 2. The van der Waals surface area contributed by atoms with E-state index in [0.29, 0.717) is 17.2 Å². The van der Waals surface area contributed by atoms with Crippen LogP contribution in [0, 0.1) is 0 Å². The lowest BCUT2D eigenvalue weighted by Crippen LogP contribution is -2.42.